The van der Waals surface area contributed by atoms with E-state index in [1.165, 1.54) is 0 Å². The second-order valence-electron chi connectivity index (χ2n) is 6.08. The van der Waals surface area contributed by atoms with Crippen molar-refractivity contribution < 1.29 is 18.0 Å². The van der Waals surface area contributed by atoms with Crippen LogP contribution in [0.5, 0.6) is 0 Å². The standard InChI is InChI=1S/C15H19N3O4S/c1-9(10-2-3-13-11(6-10)7-14(19)18-13)16-15(20)17-12-4-5-23(21,22)8-12/h2-3,6,9,12H,4-5,7-8H2,1H3,(H,18,19)(H2,16,17,20)/t9-,12+/m0/s1. The number of sulfone groups is 1. The van der Waals surface area contributed by atoms with Crippen LogP contribution in [-0.2, 0) is 21.1 Å². The Bertz CT molecular complexity index is 760. The fourth-order valence-electron chi connectivity index (χ4n) is 2.93. The molecule has 0 aromatic heterocycles. The topological polar surface area (TPSA) is 104 Å². The van der Waals surface area contributed by atoms with Crippen LogP contribution >= 0.6 is 0 Å². The van der Waals surface area contributed by atoms with Crippen molar-refractivity contribution in [3.63, 3.8) is 0 Å². The third-order valence-electron chi connectivity index (χ3n) is 4.17. The van der Waals surface area contributed by atoms with Gasteiger partial charge in [0.05, 0.1) is 24.0 Å². The third-order valence-corrected chi connectivity index (χ3v) is 5.94. The van der Waals surface area contributed by atoms with Gasteiger partial charge in [-0.15, -0.1) is 0 Å². The van der Waals surface area contributed by atoms with E-state index in [0.29, 0.717) is 12.8 Å². The largest absolute Gasteiger partial charge is 0.334 e. The quantitative estimate of drug-likeness (QED) is 0.756. The monoisotopic (exact) mass is 337 g/mol. The molecule has 0 radical (unpaired) electrons. The van der Waals surface area contributed by atoms with E-state index < -0.39 is 9.84 Å². The van der Waals surface area contributed by atoms with Gasteiger partial charge >= 0.3 is 6.03 Å². The number of nitrogens with one attached hydrogen (secondary N) is 3. The van der Waals surface area contributed by atoms with E-state index in [0.717, 1.165) is 16.8 Å². The number of carbonyl (C=O) groups is 2. The van der Waals surface area contributed by atoms with Crippen LogP contribution in [-0.4, -0.2) is 37.9 Å². The molecule has 0 bridgehead atoms. The molecule has 1 fully saturated rings. The van der Waals surface area contributed by atoms with E-state index in [-0.39, 0.29) is 35.5 Å². The average molecular weight is 337 g/mol. The van der Waals surface area contributed by atoms with Crippen molar-refractivity contribution in [2.24, 2.45) is 0 Å². The van der Waals surface area contributed by atoms with Gasteiger partial charge in [0.1, 0.15) is 0 Å². The molecule has 0 aliphatic carbocycles. The first-order chi connectivity index (χ1) is 10.8. The zero-order chi connectivity index (χ0) is 16.6. The Morgan fingerprint density at radius 2 is 2.17 bits per heavy atom. The lowest BCUT2D eigenvalue weighted by molar-refractivity contribution is -0.115. The van der Waals surface area contributed by atoms with Crippen LogP contribution in [0.15, 0.2) is 18.2 Å². The first-order valence-corrected chi connectivity index (χ1v) is 9.35. The maximum Gasteiger partial charge on any atom is 0.315 e. The molecule has 3 amide bonds. The van der Waals surface area contributed by atoms with Crippen molar-refractivity contribution in [2.45, 2.75) is 31.8 Å². The van der Waals surface area contributed by atoms with E-state index in [2.05, 4.69) is 16.0 Å². The molecule has 8 heteroatoms. The van der Waals surface area contributed by atoms with Crippen LogP contribution < -0.4 is 16.0 Å². The van der Waals surface area contributed by atoms with Gasteiger partial charge in [0.15, 0.2) is 9.84 Å². The van der Waals surface area contributed by atoms with E-state index in [1.807, 2.05) is 25.1 Å². The summed E-state index contributed by atoms with van der Waals surface area (Å²) in [7, 11) is -3.02. The molecule has 3 N–H and O–H groups in total. The highest BCUT2D eigenvalue weighted by atomic mass is 32.2. The van der Waals surface area contributed by atoms with Gasteiger partial charge in [-0.05, 0) is 30.5 Å². The van der Waals surface area contributed by atoms with E-state index in [9.17, 15) is 18.0 Å². The van der Waals surface area contributed by atoms with Crippen LogP contribution in [0.4, 0.5) is 10.5 Å². The second-order valence-corrected chi connectivity index (χ2v) is 8.31. The summed E-state index contributed by atoms with van der Waals surface area (Å²) in [6.45, 7) is 1.84. The minimum absolute atomic E-state index is 0.00142. The van der Waals surface area contributed by atoms with Gasteiger partial charge in [-0.1, -0.05) is 12.1 Å². The number of fused-ring (bicyclic) bond motifs is 1. The molecule has 3 rings (SSSR count). The second kappa shape index (κ2) is 5.84. The van der Waals surface area contributed by atoms with E-state index >= 15 is 0 Å². The lowest BCUT2D eigenvalue weighted by Gasteiger charge is -2.18. The van der Waals surface area contributed by atoms with Crippen molar-refractivity contribution in [3.05, 3.63) is 29.3 Å². The molecule has 2 atom stereocenters. The Hall–Kier alpha value is -2.09. The predicted molar refractivity (Wildman–Crippen MR) is 85.9 cm³/mol. The maximum atomic E-state index is 12.0. The number of rotatable bonds is 3. The van der Waals surface area contributed by atoms with Gasteiger partial charge in [-0.25, -0.2) is 13.2 Å². The van der Waals surface area contributed by atoms with Gasteiger partial charge in [0.2, 0.25) is 5.91 Å². The van der Waals surface area contributed by atoms with Crippen molar-refractivity contribution in [1.82, 2.24) is 10.6 Å². The summed E-state index contributed by atoms with van der Waals surface area (Å²) in [6, 6.07) is 4.64. The highest BCUT2D eigenvalue weighted by Gasteiger charge is 2.29. The number of urea groups is 1. The van der Waals surface area contributed by atoms with E-state index in [1.54, 1.807) is 0 Å². The summed E-state index contributed by atoms with van der Waals surface area (Å²) in [5.74, 6) is 0.0961. The minimum atomic E-state index is -3.02. The molecule has 7 nitrogen and oxygen atoms in total. The molecule has 0 saturated carbocycles. The van der Waals surface area contributed by atoms with Crippen LogP contribution in [0.2, 0.25) is 0 Å². The normalized spacial score (nSPS) is 23.0. The Balaban J connectivity index is 1.59. The smallest absolute Gasteiger partial charge is 0.315 e. The van der Waals surface area contributed by atoms with Crippen molar-refractivity contribution in [1.29, 1.82) is 0 Å². The number of hydrogen-bond acceptors (Lipinski definition) is 4. The summed E-state index contributed by atoms with van der Waals surface area (Å²) >= 11 is 0. The highest BCUT2D eigenvalue weighted by molar-refractivity contribution is 7.91. The van der Waals surface area contributed by atoms with Crippen molar-refractivity contribution in [3.8, 4) is 0 Å². The fourth-order valence-corrected chi connectivity index (χ4v) is 4.61. The molecular weight excluding hydrogens is 318 g/mol. The lowest BCUT2D eigenvalue weighted by Crippen LogP contribution is -2.43. The highest BCUT2D eigenvalue weighted by Crippen LogP contribution is 2.26. The Kier molecular flexibility index (Phi) is 4.01. The number of anilines is 1. The summed E-state index contributed by atoms with van der Waals surface area (Å²) in [5, 5.41) is 8.27. The first kappa shape index (κ1) is 15.8. The molecule has 23 heavy (non-hydrogen) atoms. The van der Waals surface area contributed by atoms with Gasteiger partial charge in [-0.2, -0.15) is 0 Å². The predicted octanol–water partition coefficient (Wildman–Crippen LogP) is 0.728. The summed E-state index contributed by atoms with van der Waals surface area (Å²) in [4.78, 5) is 23.4. The molecule has 1 aromatic rings. The van der Waals surface area contributed by atoms with Gasteiger partial charge in [0.25, 0.3) is 0 Å². The zero-order valence-electron chi connectivity index (χ0n) is 12.8. The fraction of sp³-hybridized carbons (Fsp3) is 0.467. The summed E-state index contributed by atoms with van der Waals surface area (Å²) in [6.07, 6.45) is 0.804. The number of benzene rings is 1. The molecule has 1 saturated heterocycles. The van der Waals surface area contributed by atoms with Crippen LogP contribution in [0, 0.1) is 0 Å². The van der Waals surface area contributed by atoms with Crippen LogP contribution in [0.25, 0.3) is 0 Å². The third kappa shape index (κ3) is 3.64. The van der Waals surface area contributed by atoms with Crippen molar-refractivity contribution >= 4 is 27.5 Å². The SMILES string of the molecule is C[C@H](NC(=O)N[C@@H]1CCS(=O)(=O)C1)c1ccc2c(c1)CC(=O)N2. The van der Waals surface area contributed by atoms with Gasteiger partial charge < -0.3 is 16.0 Å². The first-order valence-electron chi connectivity index (χ1n) is 7.52. The van der Waals surface area contributed by atoms with Crippen molar-refractivity contribution in [2.75, 3.05) is 16.8 Å². The number of hydrogen-bond donors (Lipinski definition) is 3. The molecule has 2 aliphatic rings. The summed E-state index contributed by atoms with van der Waals surface area (Å²) < 4.78 is 22.8. The Morgan fingerprint density at radius 1 is 1.39 bits per heavy atom. The van der Waals surface area contributed by atoms with Gasteiger partial charge in [-0.3, -0.25) is 4.79 Å². The Labute approximate surface area is 134 Å². The molecule has 0 spiro atoms. The number of amides is 3. The van der Waals surface area contributed by atoms with Gasteiger partial charge in [0, 0.05) is 11.7 Å². The maximum absolute atomic E-state index is 12.0. The minimum Gasteiger partial charge on any atom is -0.334 e. The molecule has 2 heterocycles. The number of carbonyl (C=O) groups excluding carboxylic acids is 2. The molecule has 124 valence electrons. The molecule has 1 aromatic carbocycles. The van der Waals surface area contributed by atoms with Crippen LogP contribution in [0.1, 0.15) is 30.5 Å². The molecule has 0 unspecified atom stereocenters. The van der Waals surface area contributed by atoms with Crippen LogP contribution in [0.3, 0.4) is 0 Å². The zero-order valence-corrected chi connectivity index (χ0v) is 13.6. The van der Waals surface area contributed by atoms with E-state index in [4.69, 9.17) is 0 Å². The lowest BCUT2D eigenvalue weighted by atomic mass is 10.0. The summed E-state index contributed by atoms with van der Waals surface area (Å²) in [5.41, 5.74) is 2.63. The molecule has 2 aliphatic heterocycles. The Morgan fingerprint density at radius 3 is 2.87 bits per heavy atom. The molecular formula is C15H19N3O4S. The average Bonchev–Trinajstić information content (AvgIpc) is 2.98.